The quantitative estimate of drug-likeness (QED) is 0.178. The van der Waals surface area contributed by atoms with Gasteiger partial charge in [-0.25, -0.2) is 9.59 Å². The topological polar surface area (TPSA) is 176 Å². The Hall–Kier alpha value is -5.26. The molecule has 1 fully saturated rings. The first-order valence-electron chi connectivity index (χ1n) is 15.9. The van der Waals surface area contributed by atoms with Crippen LogP contribution in [0.1, 0.15) is 98.9 Å². The Morgan fingerprint density at radius 2 is 1.44 bits per heavy atom. The first-order valence-corrected chi connectivity index (χ1v) is 15.9. The van der Waals surface area contributed by atoms with Gasteiger partial charge in [0.1, 0.15) is 0 Å². The Labute approximate surface area is 277 Å². The van der Waals surface area contributed by atoms with Gasteiger partial charge in [-0.2, -0.15) is 0 Å². The monoisotopic (exact) mass is 658 g/mol. The largest absolute Gasteiger partial charge is 0.478 e. The van der Waals surface area contributed by atoms with Crippen molar-refractivity contribution in [1.82, 2.24) is 20.3 Å². The van der Waals surface area contributed by atoms with E-state index in [4.69, 9.17) is 14.2 Å². The number of aromatic amines is 3. The van der Waals surface area contributed by atoms with Gasteiger partial charge in [0.05, 0.1) is 50.3 Å². The van der Waals surface area contributed by atoms with Crippen molar-refractivity contribution in [1.29, 1.82) is 0 Å². The van der Waals surface area contributed by atoms with Crippen molar-refractivity contribution in [3.63, 3.8) is 0 Å². The summed E-state index contributed by atoms with van der Waals surface area (Å²) in [7, 11) is 3.94. The molecule has 0 amide bonds. The molecule has 0 aliphatic carbocycles. The number of hydrogen-bond donors (Lipinski definition) is 5. The summed E-state index contributed by atoms with van der Waals surface area (Å²) in [6.07, 6.45) is 6.58. The number of esters is 3. The van der Waals surface area contributed by atoms with Crippen molar-refractivity contribution in [2.45, 2.75) is 60.3 Å². The molecule has 0 saturated carbocycles. The van der Waals surface area contributed by atoms with Crippen LogP contribution in [0.5, 0.6) is 0 Å². The molecule has 12 nitrogen and oxygen atoms in total. The van der Waals surface area contributed by atoms with Crippen LogP contribution in [0.4, 0.5) is 0 Å². The minimum absolute atomic E-state index is 0.111. The predicted molar refractivity (Wildman–Crippen MR) is 179 cm³/mol. The lowest BCUT2D eigenvalue weighted by Gasteiger charge is -2.19. The van der Waals surface area contributed by atoms with E-state index < -0.39 is 17.9 Å². The van der Waals surface area contributed by atoms with E-state index >= 15 is 0 Å². The van der Waals surface area contributed by atoms with E-state index in [9.17, 15) is 24.3 Å². The first-order chi connectivity index (χ1) is 22.8. The molecule has 5 heterocycles. The molecular weight excluding hydrogens is 616 g/mol. The van der Waals surface area contributed by atoms with Crippen LogP contribution in [0, 0.1) is 32.6 Å². The van der Waals surface area contributed by atoms with Gasteiger partial charge in [0, 0.05) is 57.3 Å². The molecule has 2 atom stereocenters. The number of methoxy groups -OCH3 is 3. The summed E-state index contributed by atoms with van der Waals surface area (Å²) in [6, 6.07) is 0. The smallest absolute Gasteiger partial charge is 0.340 e. The SMILES string of the molecule is CCc1c(C)c2[nH]c1=Cc1[nH]c(c(C(=O)OC)c1C)C(CC(=O)OC)=C1NC(=Cc3[nH]c(c(C(=O)O)c3C)C=2)C(C)C1CCC(=O)OC. The number of carboxylic acid groups (broad SMARTS) is 1. The van der Waals surface area contributed by atoms with Gasteiger partial charge in [0.15, 0.2) is 0 Å². The Morgan fingerprint density at radius 1 is 0.792 bits per heavy atom. The lowest BCUT2D eigenvalue weighted by Crippen LogP contribution is -2.17. The Bertz CT molecular complexity index is 2020. The number of carbonyl (C=O) groups excluding carboxylic acids is 3. The summed E-state index contributed by atoms with van der Waals surface area (Å²) in [5.41, 5.74) is 7.54. The average Bonchev–Trinajstić information content (AvgIpc) is 3.74. The van der Waals surface area contributed by atoms with Crippen molar-refractivity contribution in [3.05, 3.63) is 78.2 Å². The Morgan fingerprint density at radius 3 is 2.06 bits per heavy atom. The number of rotatable bonds is 8. The Kier molecular flexibility index (Phi) is 9.56. The average molecular weight is 659 g/mol. The maximum absolute atomic E-state index is 13.4. The lowest BCUT2D eigenvalue weighted by atomic mass is 9.85. The molecule has 48 heavy (non-hydrogen) atoms. The molecule has 3 aromatic heterocycles. The third kappa shape index (κ3) is 5.98. The van der Waals surface area contributed by atoms with Gasteiger partial charge >= 0.3 is 23.9 Å². The van der Waals surface area contributed by atoms with Crippen LogP contribution in [0.15, 0.2) is 11.4 Å². The number of hydrogen-bond acceptors (Lipinski definition) is 8. The standard InChI is InChI=1S/C36H42N4O8/c1-9-20-16(2)23-15-28-31(35(43)44)18(4)25(38-28)13-24-17(3)21(10-11-29(41)46-6)33(39-24)22(12-30(42)47-7)34-32(36(45)48-8)19(5)26(40-34)14-27(20)37-23/h13-15,17,21,37-40H,9-12H2,1-8H3,(H,43,44). The minimum Gasteiger partial charge on any atom is -0.478 e. The summed E-state index contributed by atoms with van der Waals surface area (Å²) in [6.45, 7) is 9.59. The highest BCUT2D eigenvalue weighted by Crippen LogP contribution is 2.43. The molecule has 0 spiro atoms. The second-order valence-electron chi connectivity index (χ2n) is 12.2. The fourth-order valence-electron chi connectivity index (χ4n) is 6.95. The maximum Gasteiger partial charge on any atom is 0.340 e. The number of aromatic carboxylic acids is 1. The first kappa shape index (κ1) is 34.1. The number of fused-ring (bicyclic) bond motifs is 8. The van der Waals surface area contributed by atoms with Crippen LogP contribution < -0.4 is 16.0 Å². The van der Waals surface area contributed by atoms with Gasteiger partial charge in [-0.05, 0) is 74.1 Å². The minimum atomic E-state index is -1.06. The number of aromatic nitrogens is 3. The van der Waals surface area contributed by atoms with Crippen molar-refractivity contribution in [2.75, 3.05) is 21.3 Å². The molecular formula is C36H42N4O8. The molecule has 2 aliphatic rings. The summed E-state index contributed by atoms with van der Waals surface area (Å²) < 4.78 is 15.3. The Balaban J connectivity index is 1.95. The van der Waals surface area contributed by atoms with Gasteiger partial charge < -0.3 is 39.6 Å². The number of nitrogens with one attached hydrogen (secondary N) is 4. The molecule has 3 aromatic rings. The summed E-state index contributed by atoms with van der Waals surface area (Å²) >= 11 is 0. The highest BCUT2D eigenvalue weighted by Gasteiger charge is 2.38. The third-order valence-electron chi connectivity index (χ3n) is 9.70. The van der Waals surface area contributed by atoms with Crippen molar-refractivity contribution in [3.8, 4) is 0 Å². The van der Waals surface area contributed by atoms with Gasteiger partial charge in [-0.15, -0.1) is 0 Å². The van der Waals surface area contributed by atoms with Crippen molar-refractivity contribution < 1.29 is 38.5 Å². The summed E-state index contributed by atoms with van der Waals surface area (Å²) in [5, 5.41) is 15.3. The lowest BCUT2D eigenvalue weighted by molar-refractivity contribution is -0.141. The molecule has 8 bridgehead atoms. The third-order valence-corrected chi connectivity index (χ3v) is 9.70. The maximum atomic E-state index is 13.4. The highest BCUT2D eigenvalue weighted by molar-refractivity contribution is 6.00. The van der Waals surface area contributed by atoms with Crippen LogP contribution in [0.2, 0.25) is 0 Å². The van der Waals surface area contributed by atoms with Gasteiger partial charge in [0.25, 0.3) is 0 Å². The summed E-state index contributed by atoms with van der Waals surface area (Å²) in [4.78, 5) is 61.6. The molecule has 5 rings (SSSR count). The molecule has 0 radical (unpaired) electrons. The number of allylic oxidation sites excluding steroid dienone is 2. The number of carbonyl (C=O) groups is 4. The zero-order valence-electron chi connectivity index (χ0n) is 28.5. The van der Waals surface area contributed by atoms with E-state index in [1.54, 1.807) is 6.92 Å². The van der Waals surface area contributed by atoms with E-state index in [0.717, 1.165) is 27.5 Å². The van der Waals surface area contributed by atoms with E-state index in [1.807, 2.05) is 45.9 Å². The molecule has 0 aromatic carbocycles. The molecule has 2 unspecified atom stereocenters. The fraction of sp³-hybridized carbons (Fsp3) is 0.389. The van der Waals surface area contributed by atoms with Crippen LogP contribution in [-0.4, -0.2) is 65.3 Å². The van der Waals surface area contributed by atoms with Crippen molar-refractivity contribution >= 4 is 47.7 Å². The number of ether oxygens (including phenoxy) is 3. The van der Waals surface area contributed by atoms with Gasteiger partial charge in [0.2, 0.25) is 0 Å². The number of H-pyrrole nitrogens is 3. The summed E-state index contributed by atoms with van der Waals surface area (Å²) in [5.74, 6) is -3.06. The second-order valence-corrected chi connectivity index (χ2v) is 12.2. The molecule has 5 N–H and O–H groups in total. The molecule has 254 valence electrons. The molecule has 2 aliphatic heterocycles. The van der Waals surface area contributed by atoms with Gasteiger partial charge in [-0.3, -0.25) is 9.59 Å². The van der Waals surface area contributed by atoms with Crippen LogP contribution in [0.25, 0.3) is 23.8 Å². The van der Waals surface area contributed by atoms with E-state index in [-0.39, 0.29) is 41.8 Å². The van der Waals surface area contributed by atoms with E-state index in [1.165, 1.54) is 21.3 Å². The number of carboxylic acids is 1. The van der Waals surface area contributed by atoms with Gasteiger partial charge in [-0.1, -0.05) is 13.8 Å². The fourth-order valence-corrected chi connectivity index (χ4v) is 6.95. The molecule has 12 heteroatoms. The molecule has 1 saturated heterocycles. The van der Waals surface area contributed by atoms with Crippen LogP contribution in [0.3, 0.4) is 0 Å². The van der Waals surface area contributed by atoms with Crippen LogP contribution in [-0.2, 0) is 30.2 Å². The van der Waals surface area contributed by atoms with Crippen LogP contribution >= 0.6 is 0 Å². The zero-order valence-corrected chi connectivity index (χ0v) is 28.5. The zero-order chi connectivity index (χ0) is 35.0. The normalized spacial score (nSPS) is 16.8. The highest BCUT2D eigenvalue weighted by atomic mass is 16.5. The predicted octanol–water partition coefficient (Wildman–Crippen LogP) is 3.74. The second kappa shape index (κ2) is 13.5. The van der Waals surface area contributed by atoms with Crippen molar-refractivity contribution in [2.24, 2.45) is 11.8 Å². The van der Waals surface area contributed by atoms with E-state index in [0.29, 0.717) is 58.0 Å². The van der Waals surface area contributed by atoms with E-state index in [2.05, 4.69) is 20.3 Å².